The lowest BCUT2D eigenvalue weighted by molar-refractivity contribution is -0.724. The zero-order valence-electron chi connectivity index (χ0n) is 12.9. The number of halogens is 1. The SMILES string of the molecule is N#CCCN(CCC#N)c1scn[n+]1CC(=O)c1ccccc1.[Br-]. The number of carbonyl (C=O) groups is 1. The molecule has 1 aromatic carbocycles. The summed E-state index contributed by atoms with van der Waals surface area (Å²) in [6.07, 6.45) is 0.714. The van der Waals surface area contributed by atoms with Crippen LogP contribution in [0.5, 0.6) is 0 Å². The zero-order chi connectivity index (χ0) is 16.5. The average Bonchev–Trinajstić information content (AvgIpc) is 3.04. The first-order chi connectivity index (χ1) is 11.3. The Hall–Kier alpha value is -2.29. The van der Waals surface area contributed by atoms with E-state index in [9.17, 15) is 4.79 Å². The van der Waals surface area contributed by atoms with Gasteiger partial charge in [0.15, 0.2) is 6.54 Å². The van der Waals surface area contributed by atoms with Crippen molar-refractivity contribution in [2.45, 2.75) is 19.4 Å². The highest BCUT2D eigenvalue weighted by atomic mass is 79.9. The molecule has 2 aromatic rings. The smallest absolute Gasteiger partial charge is 0.358 e. The van der Waals surface area contributed by atoms with Gasteiger partial charge in [-0.3, -0.25) is 4.79 Å². The van der Waals surface area contributed by atoms with Crippen molar-refractivity contribution in [1.29, 1.82) is 10.5 Å². The highest BCUT2D eigenvalue weighted by molar-refractivity contribution is 7.12. The van der Waals surface area contributed by atoms with Gasteiger partial charge in [-0.2, -0.15) is 10.5 Å². The van der Waals surface area contributed by atoms with Gasteiger partial charge in [0, 0.05) is 5.56 Å². The molecule has 0 aliphatic heterocycles. The Balaban J connectivity index is 0.00000288. The second kappa shape index (κ2) is 10.5. The van der Waals surface area contributed by atoms with Gasteiger partial charge in [0.2, 0.25) is 5.78 Å². The third kappa shape index (κ3) is 5.41. The molecule has 6 nitrogen and oxygen atoms in total. The van der Waals surface area contributed by atoms with Gasteiger partial charge in [-0.05, 0) is 11.3 Å². The van der Waals surface area contributed by atoms with Crippen molar-refractivity contribution >= 4 is 22.3 Å². The molecule has 0 fully saturated rings. The lowest BCUT2D eigenvalue weighted by atomic mass is 10.1. The standard InChI is InChI=1S/C16H16N5OS.BrH/c17-8-4-10-20(11-5-9-18)16-21(19-13-23-16)12-15(22)14-6-2-1-3-7-14;/h1-3,6-7,13H,4-5,10-12H2;1H/q+1;/p-1. The van der Waals surface area contributed by atoms with Gasteiger partial charge in [0.25, 0.3) is 0 Å². The first-order valence-electron chi connectivity index (χ1n) is 7.17. The number of rotatable bonds is 8. The van der Waals surface area contributed by atoms with Crippen molar-refractivity contribution in [2.24, 2.45) is 0 Å². The summed E-state index contributed by atoms with van der Waals surface area (Å²) >= 11 is 1.40. The van der Waals surface area contributed by atoms with Gasteiger partial charge in [-0.25, -0.2) is 4.90 Å². The van der Waals surface area contributed by atoms with Crippen molar-refractivity contribution in [2.75, 3.05) is 18.0 Å². The molecule has 0 saturated heterocycles. The van der Waals surface area contributed by atoms with Crippen LogP contribution in [0.15, 0.2) is 35.8 Å². The Morgan fingerprint density at radius 1 is 1.17 bits per heavy atom. The van der Waals surface area contributed by atoms with E-state index in [0.717, 1.165) is 5.13 Å². The van der Waals surface area contributed by atoms with E-state index in [2.05, 4.69) is 17.2 Å². The highest BCUT2D eigenvalue weighted by Crippen LogP contribution is 2.15. The Bertz CT molecular complexity index is 717. The maximum atomic E-state index is 12.3. The summed E-state index contributed by atoms with van der Waals surface area (Å²) in [5.41, 5.74) is 2.30. The van der Waals surface area contributed by atoms with E-state index in [1.54, 1.807) is 22.3 Å². The van der Waals surface area contributed by atoms with Crippen LogP contribution in [-0.4, -0.2) is 24.0 Å². The van der Waals surface area contributed by atoms with E-state index in [1.807, 2.05) is 23.1 Å². The van der Waals surface area contributed by atoms with Crippen LogP contribution in [0.3, 0.4) is 0 Å². The largest absolute Gasteiger partial charge is 1.00 e. The number of aromatic nitrogens is 2. The first kappa shape index (κ1) is 19.8. The molecule has 24 heavy (non-hydrogen) atoms. The van der Waals surface area contributed by atoms with Crippen LogP contribution >= 0.6 is 11.3 Å². The van der Waals surface area contributed by atoms with Crippen molar-refractivity contribution in [3.05, 3.63) is 41.4 Å². The van der Waals surface area contributed by atoms with Crippen LogP contribution in [-0.2, 0) is 6.54 Å². The Morgan fingerprint density at radius 2 is 1.79 bits per heavy atom. The van der Waals surface area contributed by atoms with Crippen LogP contribution < -0.4 is 26.6 Å². The lowest BCUT2D eigenvalue weighted by Gasteiger charge is -2.13. The second-order valence-electron chi connectivity index (χ2n) is 4.77. The zero-order valence-corrected chi connectivity index (χ0v) is 15.3. The number of benzene rings is 1. The van der Waals surface area contributed by atoms with Crippen molar-refractivity contribution < 1.29 is 26.5 Å². The van der Waals surface area contributed by atoms with E-state index in [1.165, 1.54) is 11.3 Å². The molecule has 124 valence electrons. The van der Waals surface area contributed by atoms with Crippen LogP contribution in [0.25, 0.3) is 0 Å². The molecule has 0 unspecified atom stereocenters. The third-order valence-electron chi connectivity index (χ3n) is 3.21. The topological polar surface area (TPSA) is 84.7 Å². The maximum absolute atomic E-state index is 12.3. The number of hydrogen-bond acceptors (Lipinski definition) is 6. The Labute approximate surface area is 155 Å². The van der Waals surface area contributed by atoms with Crippen LogP contribution in [0, 0.1) is 22.7 Å². The summed E-state index contributed by atoms with van der Waals surface area (Å²) in [6, 6.07) is 13.3. The fourth-order valence-electron chi connectivity index (χ4n) is 2.11. The molecule has 0 radical (unpaired) electrons. The highest BCUT2D eigenvalue weighted by Gasteiger charge is 2.24. The fourth-order valence-corrected chi connectivity index (χ4v) is 2.93. The number of ketones is 1. The summed E-state index contributed by atoms with van der Waals surface area (Å²) in [4.78, 5) is 14.3. The number of carbonyl (C=O) groups excluding carboxylic acids is 1. The van der Waals surface area contributed by atoms with E-state index in [-0.39, 0.29) is 29.3 Å². The minimum Gasteiger partial charge on any atom is -1.00 e. The van der Waals surface area contributed by atoms with E-state index in [4.69, 9.17) is 10.5 Å². The van der Waals surface area contributed by atoms with Gasteiger partial charge < -0.3 is 17.0 Å². The maximum Gasteiger partial charge on any atom is 0.358 e. The minimum absolute atomic E-state index is 0. The minimum atomic E-state index is -0.0248. The van der Waals surface area contributed by atoms with Gasteiger partial charge in [0.1, 0.15) is 5.51 Å². The van der Waals surface area contributed by atoms with E-state index < -0.39 is 0 Å². The number of nitriles is 2. The quantitative estimate of drug-likeness (QED) is 0.413. The molecule has 0 aliphatic carbocycles. The molecule has 0 aliphatic rings. The van der Waals surface area contributed by atoms with Crippen molar-refractivity contribution in [3.63, 3.8) is 0 Å². The molecule has 8 heteroatoms. The van der Waals surface area contributed by atoms with Crippen molar-refractivity contribution in [3.8, 4) is 12.1 Å². The predicted molar refractivity (Wildman–Crippen MR) is 85.8 cm³/mol. The average molecular weight is 406 g/mol. The van der Waals surface area contributed by atoms with Crippen molar-refractivity contribution in [1.82, 2.24) is 5.10 Å². The number of nitrogens with zero attached hydrogens (tertiary/aromatic N) is 5. The normalized spacial score (nSPS) is 9.42. The van der Waals surface area contributed by atoms with Gasteiger partial charge in [0.05, 0.1) is 38.1 Å². The molecule has 1 heterocycles. The molecule has 0 amide bonds. The third-order valence-corrected chi connectivity index (χ3v) is 4.09. The molecular formula is C16H16BrN5OS. The fraction of sp³-hybridized carbons (Fsp3) is 0.312. The number of hydrogen-bond donors (Lipinski definition) is 0. The molecule has 0 spiro atoms. The first-order valence-corrected chi connectivity index (χ1v) is 8.05. The molecule has 0 N–H and O–H groups in total. The second-order valence-corrected chi connectivity index (χ2v) is 5.58. The molecule has 0 atom stereocenters. The molecule has 1 aromatic heterocycles. The van der Waals surface area contributed by atoms with E-state index >= 15 is 0 Å². The number of anilines is 1. The molecule has 2 rings (SSSR count). The molecule has 0 bridgehead atoms. The van der Waals surface area contributed by atoms with Gasteiger partial charge in [-0.1, -0.05) is 35.4 Å². The summed E-state index contributed by atoms with van der Waals surface area (Å²) in [5.74, 6) is -0.0248. The van der Waals surface area contributed by atoms with Gasteiger partial charge in [-0.15, -0.1) is 4.68 Å². The Kier molecular flexibility index (Phi) is 8.63. The predicted octanol–water partition coefficient (Wildman–Crippen LogP) is -1.05. The monoisotopic (exact) mass is 405 g/mol. The van der Waals surface area contributed by atoms with Gasteiger partial charge >= 0.3 is 5.13 Å². The number of Topliss-reactive ketones (excluding diaryl/α,β-unsaturated/α-hetero) is 1. The summed E-state index contributed by atoms with van der Waals surface area (Å²) in [7, 11) is 0. The summed E-state index contributed by atoms with van der Waals surface area (Å²) in [5, 5.41) is 22.6. The summed E-state index contributed by atoms with van der Waals surface area (Å²) < 4.78 is 1.63. The van der Waals surface area contributed by atoms with Crippen LogP contribution in [0.4, 0.5) is 5.13 Å². The molecule has 0 saturated carbocycles. The van der Waals surface area contributed by atoms with E-state index in [0.29, 0.717) is 31.5 Å². The van der Waals surface area contributed by atoms with Crippen LogP contribution in [0.2, 0.25) is 0 Å². The summed E-state index contributed by atoms with van der Waals surface area (Å²) in [6.45, 7) is 1.16. The molecular weight excluding hydrogens is 390 g/mol. The van der Waals surface area contributed by atoms with Crippen LogP contribution in [0.1, 0.15) is 23.2 Å². The lowest BCUT2D eigenvalue weighted by Crippen LogP contribution is -3.00. The Morgan fingerprint density at radius 3 is 2.38 bits per heavy atom.